The van der Waals surface area contributed by atoms with Crippen molar-refractivity contribution >= 4 is 39.9 Å². The van der Waals surface area contributed by atoms with Crippen molar-refractivity contribution in [2.24, 2.45) is 0 Å². The molecule has 0 aromatic heterocycles. The Labute approximate surface area is 98.2 Å². The summed E-state index contributed by atoms with van der Waals surface area (Å²) in [7, 11) is 0. The van der Waals surface area contributed by atoms with Crippen LogP contribution in [-0.2, 0) is 0 Å². The molecule has 1 aliphatic heterocycles. The second kappa shape index (κ2) is 4.45. The van der Waals surface area contributed by atoms with E-state index in [-0.39, 0.29) is 0 Å². The first-order valence-corrected chi connectivity index (χ1v) is 6.13. The largest absolute Gasteiger partial charge is 0.382 e. The van der Waals surface area contributed by atoms with Gasteiger partial charge in [-0.1, -0.05) is 15.9 Å². The molecule has 2 rings (SSSR count). The normalized spacial score (nSPS) is 14.9. The fourth-order valence-corrected chi connectivity index (χ4v) is 2.31. The van der Waals surface area contributed by atoms with Gasteiger partial charge in [0.05, 0.1) is 11.4 Å². The number of rotatable bonds is 2. The van der Waals surface area contributed by atoms with E-state index in [0.29, 0.717) is 0 Å². The summed E-state index contributed by atoms with van der Waals surface area (Å²) >= 11 is 7.77. The number of hydrogen-bond acceptors (Lipinski definition) is 3. The number of fused-ring (bicyclic) bond motifs is 1. The molecule has 0 radical (unpaired) electrons. The van der Waals surface area contributed by atoms with E-state index in [9.17, 15) is 0 Å². The number of thiol groups is 1. The van der Waals surface area contributed by atoms with Gasteiger partial charge in [-0.25, -0.2) is 0 Å². The van der Waals surface area contributed by atoms with Crippen molar-refractivity contribution in [3.8, 4) is 0 Å². The van der Waals surface area contributed by atoms with Gasteiger partial charge in [-0.3, -0.25) is 0 Å². The molecule has 2 nitrogen and oxygen atoms in total. The van der Waals surface area contributed by atoms with Crippen LogP contribution >= 0.6 is 28.6 Å². The number of anilines is 2. The van der Waals surface area contributed by atoms with Gasteiger partial charge in [0.15, 0.2) is 0 Å². The zero-order valence-corrected chi connectivity index (χ0v) is 10.3. The molecule has 0 spiro atoms. The molecular formula is C10H13BrN2S. The molecule has 0 amide bonds. The van der Waals surface area contributed by atoms with Crippen molar-refractivity contribution in [3.63, 3.8) is 0 Å². The average molecular weight is 273 g/mol. The lowest BCUT2D eigenvalue weighted by Gasteiger charge is -2.31. The minimum absolute atomic E-state index is 0.895. The molecule has 1 aromatic rings. The van der Waals surface area contributed by atoms with Crippen LogP contribution in [0.2, 0.25) is 0 Å². The molecule has 0 saturated heterocycles. The monoisotopic (exact) mass is 272 g/mol. The quantitative estimate of drug-likeness (QED) is 0.805. The molecular weight excluding hydrogens is 260 g/mol. The molecule has 14 heavy (non-hydrogen) atoms. The van der Waals surface area contributed by atoms with Crippen LogP contribution in [0.3, 0.4) is 0 Å². The van der Waals surface area contributed by atoms with Crippen LogP contribution in [0.4, 0.5) is 11.4 Å². The maximum Gasteiger partial charge on any atom is 0.0614 e. The minimum atomic E-state index is 0.895. The van der Waals surface area contributed by atoms with Crippen molar-refractivity contribution < 1.29 is 0 Å². The Balaban J connectivity index is 2.32. The summed E-state index contributed by atoms with van der Waals surface area (Å²) in [6, 6.07) is 6.34. The van der Waals surface area contributed by atoms with Crippen molar-refractivity contribution in [1.82, 2.24) is 0 Å². The van der Waals surface area contributed by atoms with E-state index < -0.39 is 0 Å². The van der Waals surface area contributed by atoms with E-state index in [4.69, 9.17) is 0 Å². The van der Waals surface area contributed by atoms with Gasteiger partial charge in [0.25, 0.3) is 0 Å². The molecule has 0 aliphatic carbocycles. The molecule has 0 unspecified atom stereocenters. The second-order valence-electron chi connectivity index (χ2n) is 3.30. The zero-order valence-electron chi connectivity index (χ0n) is 7.83. The highest BCUT2D eigenvalue weighted by Gasteiger charge is 2.15. The Kier molecular flexibility index (Phi) is 3.23. The standard InChI is InChI=1S/C10H13BrN2S/c11-8-1-2-9-10(7-8)13(5-6-14)4-3-12-9/h1-2,7,12,14H,3-6H2. The lowest BCUT2D eigenvalue weighted by atomic mass is 10.2. The van der Waals surface area contributed by atoms with Gasteiger partial charge in [0.2, 0.25) is 0 Å². The van der Waals surface area contributed by atoms with Gasteiger partial charge in [-0.15, -0.1) is 0 Å². The summed E-state index contributed by atoms with van der Waals surface area (Å²) in [5, 5.41) is 3.39. The van der Waals surface area contributed by atoms with Crippen LogP contribution in [0.25, 0.3) is 0 Å². The molecule has 76 valence electrons. The van der Waals surface area contributed by atoms with E-state index >= 15 is 0 Å². The third-order valence-electron chi connectivity index (χ3n) is 2.37. The van der Waals surface area contributed by atoms with Crippen LogP contribution in [0.5, 0.6) is 0 Å². The summed E-state index contributed by atoms with van der Waals surface area (Å²) in [4.78, 5) is 2.36. The van der Waals surface area contributed by atoms with Crippen LogP contribution < -0.4 is 10.2 Å². The summed E-state index contributed by atoms with van der Waals surface area (Å²) in [5.41, 5.74) is 2.50. The van der Waals surface area contributed by atoms with E-state index in [0.717, 1.165) is 29.9 Å². The Morgan fingerprint density at radius 1 is 1.50 bits per heavy atom. The fourth-order valence-electron chi connectivity index (χ4n) is 1.71. The third-order valence-corrected chi connectivity index (χ3v) is 3.06. The maximum atomic E-state index is 4.27. The Bertz CT molecular complexity index is 330. The van der Waals surface area contributed by atoms with Gasteiger partial charge < -0.3 is 10.2 Å². The van der Waals surface area contributed by atoms with Gasteiger partial charge >= 0.3 is 0 Å². The molecule has 1 N–H and O–H groups in total. The molecule has 0 fully saturated rings. The van der Waals surface area contributed by atoms with Crippen molar-refractivity contribution in [2.75, 3.05) is 35.6 Å². The summed E-state index contributed by atoms with van der Waals surface area (Å²) in [5.74, 6) is 0.895. The molecule has 0 saturated carbocycles. The van der Waals surface area contributed by atoms with Crippen LogP contribution in [0.1, 0.15) is 0 Å². The van der Waals surface area contributed by atoms with Gasteiger partial charge in [0, 0.05) is 29.9 Å². The number of benzene rings is 1. The van der Waals surface area contributed by atoms with Crippen LogP contribution in [0, 0.1) is 0 Å². The highest BCUT2D eigenvalue weighted by molar-refractivity contribution is 9.10. The third kappa shape index (κ3) is 2.01. The minimum Gasteiger partial charge on any atom is -0.382 e. The lowest BCUT2D eigenvalue weighted by Crippen LogP contribution is -2.35. The Morgan fingerprint density at radius 2 is 2.36 bits per heavy atom. The smallest absolute Gasteiger partial charge is 0.0614 e. The fraction of sp³-hybridized carbons (Fsp3) is 0.400. The van der Waals surface area contributed by atoms with Gasteiger partial charge in [-0.05, 0) is 18.2 Å². The summed E-state index contributed by atoms with van der Waals surface area (Å²) in [6.45, 7) is 3.08. The maximum absolute atomic E-state index is 4.27. The van der Waals surface area contributed by atoms with E-state index in [1.807, 2.05) is 0 Å². The van der Waals surface area contributed by atoms with Crippen LogP contribution in [0.15, 0.2) is 22.7 Å². The van der Waals surface area contributed by atoms with E-state index in [1.54, 1.807) is 0 Å². The van der Waals surface area contributed by atoms with Crippen molar-refractivity contribution in [2.45, 2.75) is 0 Å². The average Bonchev–Trinajstić information content (AvgIpc) is 2.19. The highest BCUT2D eigenvalue weighted by atomic mass is 79.9. The first-order chi connectivity index (χ1) is 6.81. The van der Waals surface area contributed by atoms with Crippen LogP contribution in [-0.4, -0.2) is 25.4 Å². The highest BCUT2D eigenvalue weighted by Crippen LogP contribution is 2.31. The van der Waals surface area contributed by atoms with E-state index in [2.05, 4.69) is 57.0 Å². The SMILES string of the molecule is SCCN1CCNc2ccc(Br)cc21. The summed E-state index contributed by atoms with van der Waals surface area (Å²) < 4.78 is 1.13. The number of nitrogens with one attached hydrogen (secondary N) is 1. The van der Waals surface area contributed by atoms with Gasteiger partial charge in [-0.2, -0.15) is 12.6 Å². The Morgan fingerprint density at radius 3 is 3.14 bits per heavy atom. The topological polar surface area (TPSA) is 15.3 Å². The number of halogens is 1. The van der Waals surface area contributed by atoms with Crippen molar-refractivity contribution in [3.05, 3.63) is 22.7 Å². The number of hydrogen-bond donors (Lipinski definition) is 2. The molecule has 1 aromatic carbocycles. The molecule has 0 bridgehead atoms. The number of nitrogens with zero attached hydrogens (tertiary/aromatic N) is 1. The predicted octanol–water partition coefficient (Wildman–Crippen LogP) is 2.61. The second-order valence-corrected chi connectivity index (χ2v) is 4.66. The lowest BCUT2D eigenvalue weighted by molar-refractivity contribution is 0.820. The van der Waals surface area contributed by atoms with Crippen molar-refractivity contribution in [1.29, 1.82) is 0 Å². The zero-order chi connectivity index (χ0) is 9.97. The first kappa shape index (κ1) is 10.2. The Hall–Kier alpha value is -0.350. The predicted molar refractivity (Wildman–Crippen MR) is 68.7 cm³/mol. The van der Waals surface area contributed by atoms with Gasteiger partial charge in [0.1, 0.15) is 0 Å². The molecule has 4 heteroatoms. The molecule has 1 heterocycles. The first-order valence-electron chi connectivity index (χ1n) is 4.70. The molecule has 1 aliphatic rings. The van der Waals surface area contributed by atoms with E-state index in [1.165, 1.54) is 11.4 Å². The summed E-state index contributed by atoms with van der Waals surface area (Å²) in [6.07, 6.45) is 0. The molecule has 0 atom stereocenters.